The summed E-state index contributed by atoms with van der Waals surface area (Å²) in [5.41, 5.74) is 3.20. The van der Waals surface area contributed by atoms with Crippen LogP contribution in [-0.2, 0) is 19.4 Å². The molecule has 4 heterocycles. The zero-order valence-corrected chi connectivity index (χ0v) is 17.1. The number of aromatic nitrogens is 5. The van der Waals surface area contributed by atoms with E-state index in [4.69, 9.17) is 4.98 Å². The SMILES string of the molecule is Cc1cc(C)n(-c2ccc(=O)n(CC3CN(c4nc5c(s4)CCCC5)C3)n2)n1. The Hall–Kier alpha value is -2.48. The fourth-order valence-electron chi connectivity index (χ4n) is 4.10. The summed E-state index contributed by atoms with van der Waals surface area (Å²) in [5, 5.41) is 10.2. The van der Waals surface area contributed by atoms with Gasteiger partial charge in [-0.1, -0.05) is 0 Å². The molecule has 3 aromatic heterocycles. The van der Waals surface area contributed by atoms with E-state index in [0.29, 0.717) is 18.3 Å². The van der Waals surface area contributed by atoms with Gasteiger partial charge in [0, 0.05) is 35.6 Å². The normalized spacial score (nSPS) is 16.9. The molecule has 0 bridgehead atoms. The minimum absolute atomic E-state index is 0.0616. The average Bonchev–Trinajstić information content (AvgIpc) is 3.21. The Kier molecular flexibility index (Phi) is 4.30. The van der Waals surface area contributed by atoms with E-state index in [1.54, 1.807) is 21.5 Å². The number of rotatable bonds is 4. The minimum Gasteiger partial charge on any atom is -0.347 e. The minimum atomic E-state index is -0.0616. The Labute approximate surface area is 167 Å². The van der Waals surface area contributed by atoms with E-state index in [-0.39, 0.29) is 5.56 Å². The largest absolute Gasteiger partial charge is 0.347 e. The molecule has 0 N–H and O–H groups in total. The third kappa shape index (κ3) is 3.15. The molecular formula is C20H24N6OS. The van der Waals surface area contributed by atoms with Gasteiger partial charge in [0.05, 0.1) is 17.9 Å². The molecule has 28 heavy (non-hydrogen) atoms. The zero-order chi connectivity index (χ0) is 19.3. The van der Waals surface area contributed by atoms with Gasteiger partial charge in [-0.3, -0.25) is 4.79 Å². The maximum atomic E-state index is 12.3. The first-order valence-electron chi connectivity index (χ1n) is 9.92. The lowest BCUT2D eigenvalue weighted by molar-refractivity contribution is 0.333. The quantitative estimate of drug-likeness (QED) is 0.678. The molecule has 0 saturated carbocycles. The third-order valence-corrected chi connectivity index (χ3v) is 6.79. The van der Waals surface area contributed by atoms with E-state index in [0.717, 1.165) is 36.0 Å². The Morgan fingerprint density at radius 1 is 1.14 bits per heavy atom. The summed E-state index contributed by atoms with van der Waals surface area (Å²) in [4.78, 5) is 21.0. The fraction of sp³-hybridized carbons (Fsp3) is 0.500. The number of thiazole rings is 1. The number of hydrogen-bond acceptors (Lipinski definition) is 6. The second-order valence-electron chi connectivity index (χ2n) is 7.90. The van der Waals surface area contributed by atoms with E-state index < -0.39 is 0 Å². The van der Waals surface area contributed by atoms with Crippen molar-refractivity contribution in [3.63, 3.8) is 0 Å². The van der Waals surface area contributed by atoms with Gasteiger partial charge >= 0.3 is 0 Å². The number of nitrogens with zero attached hydrogens (tertiary/aromatic N) is 6. The zero-order valence-electron chi connectivity index (χ0n) is 16.3. The van der Waals surface area contributed by atoms with E-state index in [1.807, 2.05) is 31.3 Å². The molecule has 0 radical (unpaired) electrons. The van der Waals surface area contributed by atoms with Crippen LogP contribution in [0.15, 0.2) is 23.0 Å². The van der Waals surface area contributed by atoms with Gasteiger partial charge in [-0.2, -0.15) is 5.10 Å². The van der Waals surface area contributed by atoms with Gasteiger partial charge in [0.2, 0.25) is 0 Å². The molecule has 1 fully saturated rings. The monoisotopic (exact) mass is 396 g/mol. The molecule has 0 aromatic carbocycles. The van der Waals surface area contributed by atoms with Crippen LogP contribution in [-0.4, -0.2) is 37.6 Å². The van der Waals surface area contributed by atoms with Gasteiger partial charge in [0.25, 0.3) is 5.56 Å². The van der Waals surface area contributed by atoms with Gasteiger partial charge in [-0.05, 0) is 51.7 Å². The van der Waals surface area contributed by atoms with Gasteiger partial charge in [-0.25, -0.2) is 14.3 Å². The Bertz CT molecular complexity index is 1050. The maximum Gasteiger partial charge on any atom is 0.266 e. The van der Waals surface area contributed by atoms with Crippen LogP contribution in [0.1, 0.15) is 34.8 Å². The Morgan fingerprint density at radius 3 is 2.71 bits per heavy atom. The highest BCUT2D eigenvalue weighted by molar-refractivity contribution is 7.15. The van der Waals surface area contributed by atoms with Crippen molar-refractivity contribution in [1.82, 2.24) is 24.5 Å². The predicted octanol–water partition coefficient (Wildman–Crippen LogP) is 2.52. The van der Waals surface area contributed by atoms with Crippen molar-refractivity contribution in [2.45, 2.75) is 46.1 Å². The molecule has 0 amide bonds. The van der Waals surface area contributed by atoms with Crippen molar-refractivity contribution in [3.8, 4) is 5.82 Å². The van der Waals surface area contributed by atoms with E-state index >= 15 is 0 Å². The molecular weight excluding hydrogens is 372 g/mol. The summed E-state index contributed by atoms with van der Waals surface area (Å²) in [6.45, 7) is 6.45. The van der Waals surface area contributed by atoms with Gasteiger partial charge in [0.15, 0.2) is 10.9 Å². The molecule has 7 nitrogen and oxygen atoms in total. The van der Waals surface area contributed by atoms with E-state index in [9.17, 15) is 4.79 Å². The highest BCUT2D eigenvalue weighted by atomic mass is 32.1. The van der Waals surface area contributed by atoms with Crippen LogP contribution >= 0.6 is 11.3 Å². The van der Waals surface area contributed by atoms with Gasteiger partial charge in [-0.15, -0.1) is 16.4 Å². The summed E-state index contributed by atoms with van der Waals surface area (Å²) in [5.74, 6) is 1.11. The number of anilines is 1. The van der Waals surface area contributed by atoms with Gasteiger partial charge in [0.1, 0.15) is 0 Å². The van der Waals surface area contributed by atoms with E-state index in [1.165, 1.54) is 29.8 Å². The first-order chi connectivity index (χ1) is 13.6. The molecule has 1 saturated heterocycles. The van der Waals surface area contributed by atoms with Crippen LogP contribution in [0.3, 0.4) is 0 Å². The predicted molar refractivity (Wildman–Crippen MR) is 110 cm³/mol. The van der Waals surface area contributed by atoms with E-state index in [2.05, 4.69) is 15.1 Å². The Morgan fingerprint density at radius 2 is 1.96 bits per heavy atom. The number of aryl methyl sites for hydroxylation is 4. The molecule has 1 aliphatic heterocycles. The Balaban J connectivity index is 1.28. The fourth-order valence-corrected chi connectivity index (χ4v) is 5.27. The van der Waals surface area contributed by atoms with Gasteiger partial charge < -0.3 is 4.90 Å². The second kappa shape index (κ2) is 6.84. The standard InChI is InChI=1S/C20H24N6OS/c1-13-9-14(2)26(22-13)18-7-8-19(27)25(23-18)12-15-10-24(11-15)20-21-16-5-3-4-6-17(16)28-20/h7-9,15H,3-6,10-12H2,1-2H3. The molecule has 0 spiro atoms. The average molecular weight is 397 g/mol. The number of fused-ring (bicyclic) bond motifs is 1. The molecule has 1 aliphatic carbocycles. The summed E-state index contributed by atoms with van der Waals surface area (Å²) in [7, 11) is 0. The highest BCUT2D eigenvalue weighted by Gasteiger charge is 2.31. The van der Waals surface area contributed by atoms with Crippen LogP contribution in [0.4, 0.5) is 5.13 Å². The summed E-state index contributed by atoms with van der Waals surface area (Å²) < 4.78 is 3.37. The van der Waals surface area contributed by atoms with Crippen molar-refractivity contribution < 1.29 is 0 Å². The van der Waals surface area contributed by atoms with Crippen molar-refractivity contribution >= 4 is 16.5 Å². The first-order valence-corrected chi connectivity index (χ1v) is 10.7. The van der Waals surface area contributed by atoms with Crippen LogP contribution in [0.25, 0.3) is 5.82 Å². The van der Waals surface area contributed by atoms with Crippen molar-refractivity contribution in [1.29, 1.82) is 0 Å². The summed E-state index contributed by atoms with van der Waals surface area (Å²) >= 11 is 1.85. The molecule has 146 valence electrons. The summed E-state index contributed by atoms with van der Waals surface area (Å²) in [6, 6.07) is 5.34. The van der Waals surface area contributed by atoms with Crippen molar-refractivity contribution in [2.75, 3.05) is 18.0 Å². The molecule has 0 atom stereocenters. The third-order valence-electron chi connectivity index (χ3n) is 5.57. The maximum absolute atomic E-state index is 12.3. The lowest BCUT2D eigenvalue weighted by Crippen LogP contribution is -2.49. The number of hydrogen-bond donors (Lipinski definition) is 0. The lowest BCUT2D eigenvalue weighted by atomic mass is 10.0. The molecule has 2 aliphatic rings. The highest BCUT2D eigenvalue weighted by Crippen LogP contribution is 2.35. The van der Waals surface area contributed by atoms with Crippen molar-refractivity contribution in [2.24, 2.45) is 5.92 Å². The smallest absolute Gasteiger partial charge is 0.266 e. The second-order valence-corrected chi connectivity index (χ2v) is 8.96. The molecule has 5 rings (SSSR count). The van der Waals surface area contributed by atoms with Crippen LogP contribution in [0.2, 0.25) is 0 Å². The lowest BCUT2D eigenvalue weighted by Gasteiger charge is -2.39. The topological polar surface area (TPSA) is 68.8 Å². The van der Waals surface area contributed by atoms with Crippen LogP contribution in [0.5, 0.6) is 0 Å². The molecule has 8 heteroatoms. The van der Waals surface area contributed by atoms with Crippen LogP contribution < -0.4 is 10.5 Å². The molecule has 0 unspecified atom stereocenters. The van der Waals surface area contributed by atoms with Crippen molar-refractivity contribution in [3.05, 3.63) is 50.5 Å². The van der Waals surface area contributed by atoms with Crippen LogP contribution in [0, 0.1) is 19.8 Å². The molecule has 3 aromatic rings. The summed E-state index contributed by atoms with van der Waals surface area (Å²) in [6.07, 6.45) is 4.86. The first kappa shape index (κ1) is 17.6.